The predicted octanol–water partition coefficient (Wildman–Crippen LogP) is 3.51. The van der Waals surface area contributed by atoms with Crippen molar-refractivity contribution in [1.29, 1.82) is 0 Å². The van der Waals surface area contributed by atoms with Gasteiger partial charge in [0.15, 0.2) is 5.65 Å². The molecule has 3 aromatic rings. The van der Waals surface area contributed by atoms with Crippen molar-refractivity contribution in [1.82, 2.24) is 14.8 Å². The number of benzene rings is 1. The lowest BCUT2D eigenvalue weighted by molar-refractivity contribution is -0.143. The first-order valence-electron chi connectivity index (χ1n) is 9.47. The molecule has 0 aliphatic heterocycles. The molecule has 0 spiro atoms. The Kier molecular flexibility index (Phi) is 5.14. The van der Waals surface area contributed by atoms with Crippen LogP contribution in [0.4, 0.5) is 0 Å². The summed E-state index contributed by atoms with van der Waals surface area (Å²) in [5, 5.41) is 14.5. The van der Waals surface area contributed by atoms with E-state index >= 15 is 0 Å². The molecule has 0 radical (unpaired) electrons. The lowest BCUT2D eigenvalue weighted by atomic mass is 9.87. The molecule has 0 unspecified atom stereocenters. The fraction of sp³-hybridized carbons (Fsp3) is 0.381. The summed E-state index contributed by atoms with van der Waals surface area (Å²) in [6, 6.07) is 9.72. The lowest BCUT2D eigenvalue weighted by Gasteiger charge is -2.26. The lowest BCUT2D eigenvalue weighted by Crippen LogP contribution is -2.27. The average molecular weight is 381 g/mol. The van der Waals surface area contributed by atoms with Gasteiger partial charge in [-0.3, -0.25) is 4.79 Å². The van der Waals surface area contributed by atoms with E-state index in [0.717, 1.165) is 40.9 Å². The number of carbonyl (C=O) groups is 1. The number of rotatable bonds is 6. The van der Waals surface area contributed by atoms with Crippen molar-refractivity contribution in [2.75, 3.05) is 7.11 Å². The number of pyridine rings is 1. The van der Waals surface area contributed by atoms with Crippen LogP contribution in [0.25, 0.3) is 11.0 Å². The quantitative estimate of drug-likeness (QED) is 0.703. The third-order valence-corrected chi connectivity index (χ3v) is 5.31. The summed E-state index contributed by atoms with van der Waals surface area (Å²) in [6.45, 7) is 0.605. The minimum absolute atomic E-state index is 0.0335. The van der Waals surface area contributed by atoms with Crippen LogP contribution < -0.4 is 9.47 Å². The summed E-state index contributed by atoms with van der Waals surface area (Å²) < 4.78 is 13.2. The van der Waals surface area contributed by atoms with E-state index in [0.29, 0.717) is 19.4 Å². The van der Waals surface area contributed by atoms with Crippen LogP contribution >= 0.6 is 0 Å². The van der Waals surface area contributed by atoms with Crippen molar-refractivity contribution in [3.8, 4) is 11.5 Å². The molecule has 4 rings (SSSR count). The van der Waals surface area contributed by atoms with Gasteiger partial charge in [0, 0.05) is 6.20 Å². The molecule has 1 aromatic carbocycles. The molecule has 28 heavy (non-hydrogen) atoms. The molecule has 1 fully saturated rings. The fourth-order valence-corrected chi connectivity index (χ4v) is 3.68. The van der Waals surface area contributed by atoms with Crippen LogP contribution in [0.1, 0.15) is 31.2 Å². The number of carboxylic acid groups (broad SMARTS) is 1. The van der Waals surface area contributed by atoms with E-state index in [1.807, 2.05) is 35.0 Å². The first kappa shape index (κ1) is 18.3. The Morgan fingerprint density at radius 1 is 1.18 bits per heavy atom. The van der Waals surface area contributed by atoms with Crippen LogP contribution in [0.3, 0.4) is 0 Å². The normalized spacial score (nSPS) is 19.5. The maximum absolute atomic E-state index is 11.1. The van der Waals surface area contributed by atoms with E-state index < -0.39 is 5.97 Å². The van der Waals surface area contributed by atoms with E-state index in [9.17, 15) is 4.79 Å². The molecule has 0 amide bonds. The first-order chi connectivity index (χ1) is 13.6. The van der Waals surface area contributed by atoms with Gasteiger partial charge in [0.2, 0.25) is 0 Å². The molecule has 1 saturated carbocycles. The first-order valence-corrected chi connectivity index (χ1v) is 9.47. The number of methoxy groups -OCH3 is 1. The van der Waals surface area contributed by atoms with Crippen LogP contribution in [-0.2, 0) is 11.3 Å². The van der Waals surface area contributed by atoms with Crippen LogP contribution in [0.2, 0.25) is 0 Å². The van der Waals surface area contributed by atoms with Gasteiger partial charge in [-0.1, -0.05) is 12.1 Å². The molecule has 1 aliphatic carbocycles. The highest BCUT2D eigenvalue weighted by Crippen LogP contribution is 2.31. The number of fused-ring (bicyclic) bond motifs is 1. The third kappa shape index (κ3) is 3.78. The zero-order valence-electron chi connectivity index (χ0n) is 15.7. The molecule has 146 valence electrons. The maximum Gasteiger partial charge on any atom is 0.306 e. The second-order valence-electron chi connectivity index (χ2n) is 7.13. The molecule has 0 atom stereocenters. The maximum atomic E-state index is 11.1. The average Bonchev–Trinajstić information content (AvgIpc) is 3.13. The molecule has 2 aromatic heterocycles. The van der Waals surface area contributed by atoms with Gasteiger partial charge < -0.3 is 14.6 Å². The highest BCUT2D eigenvalue weighted by Gasteiger charge is 2.27. The van der Waals surface area contributed by atoms with Gasteiger partial charge in [-0.2, -0.15) is 5.10 Å². The summed E-state index contributed by atoms with van der Waals surface area (Å²) in [5.41, 5.74) is 1.87. The van der Waals surface area contributed by atoms with Crippen molar-refractivity contribution in [2.45, 2.75) is 38.3 Å². The Morgan fingerprint density at radius 2 is 1.93 bits per heavy atom. The Bertz CT molecular complexity index is 959. The van der Waals surface area contributed by atoms with Crippen molar-refractivity contribution >= 4 is 17.0 Å². The Labute approximate surface area is 162 Å². The van der Waals surface area contributed by atoms with Crippen molar-refractivity contribution < 1.29 is 19.4 Å². The highest BCUT2D eigenvalue weighted by molar-refractivity contribution is 5.81. The van der Waals surface area contributed by atoms with Gasteiger partial charge in [0.05, 0.1) is 37.3 Å². The molecule has 0 bridgehead atoms. The molecular weight excluding hydrogens is 358 g/mol. The summed E-state index contributed by atoms with van der Waals surface area (Å²) in [5.74, 6) is 0.624. The predicted molar refractivity (Wildman–Crippen MR) is 104 cm³/mol. The van der Waals surface area contributed by atoms with E-state index in [2.05, 4.69) is 10.1 Å². The molecule has 1 N–H and O–H groups in total. The standard InChI is InChI=1S/C21H23N3O4/c1-27-16-6-2-14(3-7-16)13-24-20-18(12-23-24)19(10-11-22-20)28-17-8-4-15(5-9-17)21(25)26/h2-3,6-7,10-12,15,17H,4-5,8-9,13H2,1H3,(H,25,26)/t15-,17-. The topological polar surface area (TPSA) is 86.5 Å². The van der Waals surface area contributed by atoms with Gasteiger partial charge in [0.1, 0.15) is 11.5 Å². The zero-order chi connectivity index (χ0) is 19.5. The third-order valence-electron chi connectivity index (χ3n) is 5.31. The van der Waals surface area contributed by atoms with Crippen LogP contribution in [-0.4, -0.2) is 39.1 Å². The number of hydrogen-bond donors (Lipinski definition) is 1. The van der Waals surface area contributed by atoms with E-state index in [1.54, 1.807) is 19.5 Å². The number of ether oxygens (including phenoxy) is 2. The minimum atomic E-state index is -0.704. The molecule has 7 heteroatoms. The molecule has 2 heterocycles. The Hall–Kier alpha value is -3.09. The summed E-state index contributed by atoms with van der Waals surface area (Å²) in [4.78, 5) is 15.6. The largest absolute Gasteiger partial charge is 0.497 e. The Morgan fingerprint density at radius 3 is 2.61 bits per heavy atom. The van der Waals surface area contributed by atoms with E-state index in [1.165, 1.54) is 0 Å². The second-order valence-corrected chi connectivity index (χ2v) is 7.13. The van der Waals surface area contributed by atoms with E-state index in [4.69, 9.17) is 14.6 Å². The molecule has 1 aliphatic rings. The highest BCUT2D eigenvalue weighted by atomic mass is 16.5. The molecule has 0 saturated heterocycles. The number of nitrogens with zero attached hydrogens (tertiary/aromatic N) is 3. The number of hydrogen-bond acceptors (Lipinski definition) is 5. The van der Waals surface area contributed by atoms with Crippen LogP contribution in [0, 0.1) is 5.92 Å². The summed E-state index contributed by atoms with van der Waals surface area (Å²) >= 11 is 0. The van der Waals surface area contributed by atoms with E-state index in [-0.39, 0.29) is 12.0 Å². The van der Waals surface area contributed by atoms with Crippen molar-refractivity contribution in [3.63, 3.8) is 0 Å². The SMILES string of the molecule is COc1ccc(Cn2ncc3c(O[C@H]4CC[C@H](C(=O)O)CC4)ccnc32)cc1. The van der Waals surface area contributed by atoms with Gasteiger partial charge in [-0.15, -0.1) is 0 Å². The molecular formula is C21H23N3O4. The van der Waals surface area contributed by atoms with Gasteiger partial charge in [-0.05, 0) is 49.4 Å². The Balaban J connectivity index is 1.49. The van der Waals surface area contributed by atoms with Crippen LogP contribution in [0.5, 0.6) is 11.5 Å². The van der Waals surface area contributed by atoms with Gasteiger partial charge in [0.25, 0.3) is 0 Å². The van der Waals surface area contributed by atoms with Crippen molar-refractivity contribution in [3.05, 3.63) is 48.3 Å². The monoisotopic (exact) mass is 381 g/mol. The van der Waals surface area contributed by atoms with Crippen LogP contribution in [0.15, 0.2) is 42.7 Å². The van der Waals surface area contributed by atoms with Crippen molar-refractivity contribution in [2.24, 2.45) is 5.92 Å². The van der Waals surface area contributed by atoms with Gasteiger partial charge in [-0.25, -0.2) is 9.67 Å². The number of aromatic nitrogens is 3. The summed E-state index contributed by atoms with van der Waals surface area (Å²) in [7, 11) is 1.65. The summed E-state index contributed by atoms with van der Waals surface area (Å²) in [6.07, 6.45) is 6.36. The zero-order valence-corrected chi connectivity index (χ0v) is 15.7. The second kappa shape index (κ2) is 7.88. The number of aliphatic carboxylic acids is 1. The number of carboxylic acids is 1. The molecule has 7 nitrogen and oxygen atoms in total. The fourth-order valence-electron chi connectivity index (χ4n) is 3.68. The van der Waals surface area contributed by atoms with Gasteiger partial charge >= 0.3 is 5.97 Å². The smallest absolute Gasteiger partial charge is 0.306 e. The minimum Gasteiger partial charge on any atom is -0.497 e.